The third-order valence-corrected chi connectivity index (χ3v) is 3.40. The monoisotopic (exact) mass is 254 g/mol. The third-order valence-electron chi connectivity index (χ3n) is 3.16. The molecule has 1 saturated heterocycles. The van der Waals surface area contributed by atoms with E-state index in [-0.39, 0.29) is 5.91 Å². The van der Waals surface area contributed by atoms with Gasteiger partial charge in [-0.15, -0.1) is 0 Å². The minimum absolute atomic E-state index is 0.178. The number of likely N-dealkylation sites (tertiary alicyclic amines) is 1. The van der Waals surface area contributed by atoms with E-state index in [0.717, 1.165) is 0 Å². The van der Waals surface area contributed by atoms with Crippen molar-refractivity contribution >= 4 is 23.2 Å². The van der Waals surface area contributed by atoms with Gasteiger partial charge in [-0.3, -0.25) is 4.79 Å². The van der Waals surface area contributed by atoms with Crippen LogP contribution in [-0.2, 0) is 0 Å². The van der Waals surface area contributed by atoms with E-state index in [2.05, 4.69) is 0 Å². The zero-order chi connectivity index (χ0) is 12.6. The second-order valence-corrected chi connectivity index (χ2v) is 4.91. The van der Waals surface area contributed by atoms with Crippen molar-refractivity contribution < 1.29 is 9.90 Å². The summed E-state index contributed by atoms with van der Waals surface area (Å²) in [5, 5.41) is 10.3. The highest BCUT2D eigenvalue weighted by Gasteiger charge is 2.42. The summed E-state index contributed by atoms with van der Waals surface area (Å²) in [7, 11) is 0. The molecule has 3 N–H and O–H groups in total. The van der Waals surface area contributed by atoms with E-state index in [4.69, 9.17) is 17.3 Å². The van der Waals surface area contributed by atoms with Crippen LogP contribution in [0.25, 0.3) is 0 Å². The van der Waals surface area contributed by atoms with Crippen LogP contribution in [0.2, 0.25) is 5.02 Å². The predicted octanol–water partition coefficient (Wildman–Crippen LogP) is 1.52. The highest BCUT2D eigenvalue weighted by Crippen LogP contribution is 2.28. The Kier molecular flexibility index (Phi) is 3.02. The number of rotatable bonds is 2. The van der Waals surface area contributed by atoms with Crippen LogP contribution in [0.5, 0.6) is 0 Å². The van der Waals surface area contributed by atoms with Gasteiger partial charge in [-0.05, 0) is 24.6 Å². The number of carbonyl (C=O) groups is 1. The number of halogens is 1. The van der Waals surface area contributed by atoms with Crippen LogP contribution < -0.4 is 5.73 Å². The molecule has 1 amide bonds. The minimum Gasteiger partial charge on any atom is -0.398 e. The zero-order valence-corrected chi connectivity index (χ0v) is 10.4. The van der Waals surface area contributed by atoms with Gasteiger partial charge in [0.1, 0.15) is 0 Å². The Morgan fingerprint density at radius 1 is 1.59 bits per heavy atom. The molecule has 1 aromatic rings. The third kappa shape index (κ3) is 2.23. The molecule has 0 unspecified atom stereocenters. The van der Waals surface area contributed by atoms with E-state index in [1.165, 1.54) is 0 Å². The number of β-amino-alcohol motifs (C(OH)–C–C–N with tert-alkyl or cyclic N) is 1. The number of hydrogen-bond donors (Lipinski definition) is 2. The number of hydrogen-bond acceptors (Lipinski definition) is 3. The molecular weight excluding hydrogens is 240 g/mol. The van der Waals surface area contributed by atoms with Crippen LogP contribution in [0.3, 0.4) is 0 Å². The van der Waals surface area contributed by atoms with Gasteiger partial charge in [0, 0.05) is 10.7 Å². The minimum atomic E-state index is -0.733. The molecule has 4 nitrogen and oxygen atoms in total. The lowest BCUT2D eigenvalue weighted by atomic mass is 9.90. The van der Waals surface area contributed by atoms with Gasteiger partial charge in [-0.25, -0.2) is 0 Å². The Hall–Kier alpha value is -1.26. The van der Waals surface area contributed by atoms with E-state index in [1.807, 2.05) is 6.92 Å². The summed E-state index contributed by atoms with van der Waals surface area (Å²) in [6, 6.07) is 4.82. The average Bonchev–Trinajstić information content (AvgIpc) is 2.27. The first-order valence-electron chi connectivity index (χ1n) is 5.52. The van der Waals surface area contributed by atoms with Crippen molar-refractivity contribution in [2.45, 2.75) is 18.9 Å². The number of amides is 1. The molecule has 0 bridgehead atoms. The fourth-order valence-electron chi connectivity index (χ4n) is 1.92. The molecule has 0 atom stereocenters. The largest absolute Gasteiger partial charge is 0.398 e. The maximum Gasteiger partial charge on any atom is 0.256 e. The number of benzene rings is 1. The predicted molar refractivity (Wildman–Crippen MR) is 67.0 cm³/mol. The van der Waals surface area contributed by atoms with E-state index >= 15 is 0 Å². The maximum atomic E-state index is 12.1. The van der Waals surface area contributed by atoms with Gasteiger partial charge >= 0.3 is 0 Å². The molecule has 1 fully saturated rings. The van der Waals surface area contributed by atoms with Gasteiger partial charge in [0.05, 0.1) is 24.3 Å². The smallest absolute Gasteiger partial charge is 0.256 e. The Morgan fingerprint density at radius 2 is 2.24 bits per heavy atom. The maximum absolute atomic E-state index is 12.1. The van der Waals surface area contributed by atoms with E-state index in [0.29, 0.717) is 35.8 Å². The second-order valence-electron chi connectivity index (χ2n) is 4.47. The Morgan fingerprint density at radius 3 is 2.82 bits per heavy atom. The topological polar surface area (TPSA) is 66.6 Å². The van der Waals surface area contributed by atoms with Crippen molar-refractivity contribution in [3.05, 3.63) is 28.8 Å². The van der Waals surface area contributed by atoms with E-state index < -0.39 is 5.60 Å². The molecule has 17 heavy (non-hydrogen) atoms. The Bertz CT molecular complexity index is 456. The molecule has 2 rings (SSSR count). The second kappa shape index (κ2) is 4.20. The fraction of sp³-hybridized carbons (Fsp3) is 0.417. The summed E-state index contributed by atoms with van der Waals surface area (Å²) in [5.41, 5.74) is 5.81. The normalized spacial score (nSPS) is 17.7. The Labute approximate surface area is 105 Å². The molecule has 0 saturated carbocycles. The fourth-order valence-corrected chi connectivity index (χ4v) is 2.09. The summed E-state index contributed by atoms with van der Waals surface area (Å²) in [6.07, 6.45) is 0.641. The molecule has 1 heterocycles. The summed E-state index contributed by atoms with van der Waals surface area (Å²) in [5.74, 6) is -0.178. The molecule has 1 aromatic carbocycles. The van der Waals surface area contributed by atoms with Crippen molar-refractivity contribution in [3.63, 3.8) is 0 Å². The quantitative estimate of drug-likeness (QED) is 0.787. The van der Waals surface area contributed by atoms with Gasteiger partial charge in [0.25, 0.3) is 5.91 Å². The van der Waals surface area contributed by atoms with Gasteiger partial charge in [-0.2, -0.15) is 0 Å². The van der Waals surface area contributed by atoms with Crippen LogP contribution in [0.4, 0.5) is 5.69 Å². The number of nitrogens with zero attached hydrogens (tertiary/aromatic N) is 1. The van der Waals surface area contributed by atoms with E-state index in [9.17, 15) is 9.90 Å². The van der Waals surface area contributed by atoms with Crippen LogP contribution in [0.15, 0.2) is 18.2 Å². The lowest BCUT2D eigenvalue weighted by Gasteiger charge is -2.46. The molecule has 1 aliphatic heterocycles. The number of anilines is 1. The molecule has 92 valence electrons. The lowest BCUT2D eigenvalue weighted by Crippen LogP contribution is -2.63. The van der Waals surface area contributed by atoms with Crippen molar-refractivity contribution in [1.29, 1.82) is 0 Å². The first kappa shape index (κ1) is 12.2. The zero-order valence-electron chi connectivity index (χ0n) is 9.61. The highest BCUT2D eigenvalue weighted by molar-refractivity contribution is 6.31. The SMILES string of the molecule is CCC1(O)CN(C(=O)c2cc(Cl)ccc2N)C1. The molecule has 5 heteroatoms. The summed E-state index contributed by atoms with van der Waals surface area (Å²) in [6.45, 7) is 2.61. The van der Waals surface area contributed by atoms with Crippen molar-refractivity contribution in [2.75, 3.05) is 18.8 Å². The molecule has 0 radical (unpaired) electrons. The number of aliphatic hydroxyl groups is 1. The van der Waals surface area contributed by atoms with Crippen LogP contribution >= 0.6 is 11.6 Å². The van der Waals surface area contributed by atoms with Crippen molar-refractivity contribution in [1.82, 2.24) is 4.90 Å². The van der Waals surface area contributed by atoms with Gasteiger partial charge < -0.3 is 15.7 Å². The average molecular weight is 255 g/mol. The van der Waals surface area contributed by atoms with E-state index in [1.54, 1.807) is 23.1 Å². The highest BCUT2D eigenvalue weighted by atomic mass is 35.5. The van der Waals surface area contributed by atoms with Gasteiger partial charge in [0.2, 0.25) is 0 Å². The van der Waals surface area contributed by atoms with Crippen LogP contribution in [0.1, 0.15) is 23.7 Å². The Balaban J connectivity index is 2.14. The van der Waals surface area contributed by atoms with Crippen molar-refractivity contribution in [3.8, 4) is 0 Å². The molecule has 0 aromatic heterocycles. The summed E-state index contributed by atoms with van der Waals surface area (Å²) in [4.78, 5) is 13.7. The van der Waals surface area contributed by atoms with Gasteiger partial charge in [-0.1, -0.05) is 18.5 Å². The number of nitrogen functional groups attached to an aromatic ring is 1. The van der Waals surface area contributed by atoms with Gasteiger partial charge in [0.15, 0.2) is 0 Å². The number of carbonyl (C=O) groups excluding carboxylic acids is 1. The van der Waals surface area contributed by atoms with Crippen molar-refractivity contribution in [2.24, 2.45) is 0 Å². The summed E-state index contributed by atoms with van der Waals surface area (Å²) < 4.78 is 0. The van der Waals surface area contributed by atoms with Crippen LogP contribution in [-0.4, -0.2) is 34.6 Å². The molecule has 1 aliphatic rings. The lowest BCUT2D eigenvalue weighted by molar-refractivity contribution is -0.0826. The first-order chi connectivity index (χ1) is 7.95. The summed E-state index contributed by atoms with van der Waals surface area (Å²) >= 11 is 5.83. The molecular formula is C12H15ClN2O2. The molecule has 0 aliphatic carbocycles. The first-order valence-corrected chi connectivity index (χ1v) is 5.90. The molecule has 0 spiro atoms. The number of nitrogens with two attached hydrogens (primary N) is 1. The standard InChI is InChI=1S/C12H15ClN2O2/c1-2-12(17)6-15(7-12)11(16)9-5-8(13)3-4-10(9)14/h3-5,17H,2,6-7,14H2,1H3. The van der Waals surface area contributed by atoms with Crippen LogP contribution in [0, 0.1) is 0 Å².